The summed E-state index contributed by atoms with van der Waals surface area (Å²) in [6.07, 6.45) is 2.17. The maximum Gasteiger partial charge on any atom is 0.127 e. The summed E-state index contributed by atoms with van der Waals surface area (Å²) in [6.45, 7) is 3.58. The van der Waals surface area contributed by atoms with Crippen LogP contribution in [0.15, 0.2) is 72.8 Å². The van der Waals surface area contributed by atoms with Crippen molar-refractivity contribution in [1.82, 2.24) is 9.80 Å². The van der Waals surface area contributed by atoms with Crippen molar-refractivity contribution in [2.24, 2.45) is 0 Å². The second kappa shape index (κ2) is 10.1. The zero-order valence-corrected chi connectivity index (χ0v) is 19.3. The third kappa shape index (κ3) is 4.50. The van der Waals surface area contributed by atoms with Crippen LogP contribution in [0.25, 0.3) is 11.1 Å². The molecule has 0 radical (unpaired) electrons. The Morgan fingerprint density at radius 3 is 2.50 bits per heavy atom. The molecular formula is C29H30FN3O. The SMILES string of the molecule is N#Cc1cccc(-c2ccc([C@@H]3[C@H]4CN(Cc5ccccc5F)CCCCN4[C@H]3CO)cc2)c1. The summed E-state index contributed by atoms with van der Waals surface area (Å²) in [5.41, 5.74) is 4.74. The number of nitriles is 1. The smallest absolute Gasteiger partial charge is 0.127 e. The van der Waals surface area contributed by atoms with Crippen LogP contribution in [-0.2, 0) is 6.54 Å². The van der Waals surface area contributed by atoms with Crippen molar-refractivity contribution >= 4 is 0 Å². The number of rotatable bonds is 5. The van der Waals surface area contributed by atoms with Crippen molar-refractivity contribution in [2.75, 3.05) is 26.2 Å². The number of benzene rings is 3. The van der Waals surface area contributed by atoms with E-state index in [0.717, 1.165) is 49.2 Å². The van der Waals surface area contributed by atoms with Gasteiger partial charge in [-0.05, 0) is 60.8 Å². The largest absolute Gasteiger partial charge is 0.395 e. The van der Waals surface area contributed by atoms with E-state index in [0.29, 0.717) is 18.2 Å². The number of hydrogen-bond acceptors (Lipinski definition) is 4. The van der Waals surface area contributed by atoms with E-state index < -0.39 is 0 Å². The van der Waals surface area contributed by atoms with Crippen LogP contribution < -0.4 is 0 Å². The Kier molecular flexibility index (Phi) is 6.73. The molecule has 5 rings (SSSR count). The van der Waals surface area contributed by atoms with Gasteiger partial charge in [-0.15, -0.1) is 0 Å². The Morgan fingerprint density at radius 2 is 1.74 bits per heavy atom. The van der Waals surface area contributed by atoms with E-state index in [2.05, 4.69) is 40.1 Å². The van der Waals surface area contributed by atoms with Gasteiger partial charge in [0.1, 0.15) is 5.82 Å². The average molecular weight is 456 g/mol. The van der Waals surface area contributed by atoms with Crippen LogP contribution in [0.4, 0.5) is 4.39 Å². The predicted molar refractivity (Wildman–Crippen MR) is 132 cm³/mol. The normalized spacial score (nSPS) is 23.3. The van der Waals surface area contributed by atoms with Crippen molar-refractivity contribution in [1.29, 1.82) is 5.26 Å². The molecule has 2 aliphatic rings. The number of hydrogen-bond donors (Lipinski definition) is 1. The van der Waals surface area contributed by atoms with E-state index in [1.54, 1.807) is 6.07 Å². The van der Waals surface area contributed by atoms with E-state index in [1.165, 1.54) is 11.6 Å². The first-order valence-electron chi connectivity index (χ1n) is 12.1. The van der Waals surface area contributed by atoms with Gasteiger partial charge in [0.05, 0.1) is 18.2 Å². The van der Waals surface area contributed by atoms with Crippen LogP contribution in [0.1, 0.15) is 35.4 Å². The zero-order chi connectivity index (χ0) is 23.5. The topological polar surface area (TPSA) is 50.5 Å². The van der Waals surface area contributed by atoms with Gasteiger partial charge in [-0.1, -0.05) is 54.6 Å². The molecule has 3 aromatic carbocycles. The van der Waals surface area contributed by atoms with Crippen molar-refractivity contribution in [3.8, 4) is 17.2 Å². The van der Waals surface area contributed by atoms with Crippen LogP contribution >= 0.6 is 0 Å². The number of fused-ring (bicyclic) bond motifs is 1. The molecule has 2 aliphatic heterocycles. The Bertz CT molecular complexity index is 1170. The molecule has 0 saturated carbocycles. The third-order valence-corrected chi connectivity index (χ3v) is 7.43. The Morgan fingerprint density at radius 1 is 0.941 bits per heavy atom. The molecule has 0 aromatic heterocycles. The van der Waals surface area contributed by atoms with Gasteiger partial charge in [0.25, 0.3) is 0 Å². The lowest BCUT2D eigenvalue weighted by atomic mass is 9.74. The molecule has 0 spiro atoms. The molecule has 2 fully saturated rings. The molecule has 0 amide bonds. The molecule has 3 aromatic rings. The fourth-order valence-electron chi connectivity index (χ4n) is 5.69. The van der Waals surface area contributed by atoms with E-state index in [1.807, 2.05) is 36.4 Å². The van der Waals surface area contributed by atoms with Gasteiger partial charge in [-0.25, -0.2) is 4.39 Å². The summed E-state index contributed by atoms with van der Waals surface area (Å²) < 4.78 is 14.3. The molecule has 34 heavy (non-hydrogen) atoms. The summed E-state index contributed by atoms with van der Waals surface area (Å²) in [7, 11) is 0. The van der Waals surface area contributed by atoms with Gasteiger partial charge >= 0.3 is 0 Å². The minimum atomic E-state index is -0.143. The quantitative estimate of drug-likeness (QED) is 0.601. The second-order valence-corrected chi connectivity index (χ2v) is 9.43. The van der Waals surface area contributed by atoms with Crippen molar-refractivity contribution in [3.05, 3.63) is 95.3 Å². The van der Waals surface area contributed by atoms with Gasteiger partial charge < -0.3 is 5.11 Å². The maximum absolute atomic E-state index is 14.3. The molecule has 4 nitrogen and oxygen atoms in total. The van der Waals surface area contributed by atoms with Crippen LogP contribution in [0.2, 0.25) is 0 Å². The minimum absolute atomic E-state index is 0.117. The first-order chi connectivity index (χ1) is 16.7. The molecule has 0 aliphatic carbocycles. The summed E-state index contributed by atoms with van der Waals surface area (Å²) >= 11 is 0. The highest BCUT2D eigenvalue weighted by Crippen LogP contribution is 2.42. The lowest BCUT2D eigenvalue weighted by Gasteiger charge is -2.57. The van der Waals surface area contributed by atoms with E-state index in [-0.39, 0.29) is 24.4 Å². The van der Waals surface area contributed by atoms with E-state index >= 15 is 0 Å². The minimum Gasteiger partial charge on any atom is -0.395 e. The van der Waals surface area contributed by atoms with Gasteiger partial charge in [0.15, 0.2) is 0 Å². The van der Waals surface area contributed by atoms with Gasteiger partial charge in [0.2, 0.25) is 0 Å². The van der Waals surface area contributed by atoms with Crippen molar-refractivity contribution in [2.45, 2.75) is 37.4 Å². The summed E-state index contributed by atoms with van der Waals surface area (Å²) in [5.74, 6) is 0.0987. The summed E-state index contributed by atoms with van der Waals surface area (Å²) in [6, 6.07) is 25.9. The first-order valence-corrected chi connectivity index (χ1v) is 12.1. The highest BCUT2D eigenvalue weighted by atomic mass is 19.1. The first kappa shape index (κ1) is 22.7. The fraction of sp³-hybridized carbons (Fsp3) is 0.345. The van der Waals surface area contributed by atoms with E-state index in [4.69, 9.17) is 0 Å². The van der Waals surface area contributed by atoms with Crippen LogP contribution in [0.5, 0.6) is 0 Å². The third-order valence-electron chi connectivity index (χ3n) is 7.43. The fourth-order valence-corrected chi connectivity index (χ4v) is 5.69. The van der Waals surface area contributed by atoms with Gasteiger partial charge in [0, 0.05) is 36.7 Å². The Hall–Kier alpha value is -3.04. The van der Waals surface area contributed by atoms with Crippen LogP contribution in [-0.4, -0.2) is 53.2 Å². The average Bonchev–Trinajstić information content (AvgIpc) is 2.86. The van der Waals surface area contributed by atoms with Gasteiger partial charge in [-0.2, -0.15) is 5.26 Å². The summed E-state index contributed by atoms with van der Waals surface area (Å²) in [5, 5.41) is 19.4. The standard InChI is InChI=1S/C29H30FN3O/c30-26-9-2-1-7-25(26)18-32-14-3-4-15-33-27(19-32)29(28(33)20-34)23-12-10-22(11-13-23)24-8-5-6-21(16-24)17-31/h1-2,5-13,16,27-29,34H,3-4,14-15,18-20H2/t27-,28+,29-/m1/s1. The Labute approximate surface area is 200 Å². The molecular weight excluding hydrogens is 425 g/mol. The highest BCUT2D eigenvalue weighted by molar-refractivity contribution is 5.65. The summed E-state index contributed by atoms with van der Waals surface area (Å²) in [4.78, 5) is 4.82. The number of nitrogens with zero attached hydrogens (tertiary/aromatic N) is 3. The van der Waals surface area contributed by atoms with Crippen molar-refractivity contribution in [3.63, 3.8) is 0 Å². The number of halogens is 1. The molecule has 5 heteroatoms. The molecule has 3 atom stereocenters. The lowest BCUT2D eigenvalue weighted by molar-refractivity contribution is -0.0656. The molecule has 174 valence electrons. The molecule has 2 heterocycles. The lowest BCUT2D eigenvalue weighted by Crippen LogP contribution is -2.67. The van der Waals surface area contributed by atoms with Crippen molar-refractivity contribution < 1.29 is 9.50 Å². The van der Waals surface area contributed by atoms with Gasteiger partial charge in [-0.3, -0.25) is 9.80 Å². The predicted octanol–water partition coefficient (Wildman–Crippen LogP) is 4.79. The molecule has 0 bridgehead atoms. The number of aliphatic hydroxyl groups excluding tert-OH is 1. The molecule has 2 saturated heterocycles. The highest BCUT2D eigenvalue weighted by Gasteiger charge is 2.49. The van der Waals surface area contributed by atoms with Crippen LogP contribution in [0, 0.1) is 17.1 Å². The maximum atomic E-state index is 14.3. The van der Waals surface area contributed by atoms with Crippen LogP contribution in [0.3, 0.4) is 0 Å². The Balaban J connectivity index is 1.37. The second-order valence-electron chi connectivity index (χ2n) is 9.43. The monoisotopic (exact) mass is 455 g/mol. The zero-order valence-electron chi connectivity index (χ0n) is 19.3. The molecule has 1 N–H and O–H groups in total. The van der Waals surface area contributed by atoms with E-state index in [9.17, 15) is 14.8 Å². The number of aliphatic hydroxyl groups is 1. The molecule has 0 unspecified atom stereocenters.